The van der Waals surface area contributed by atoms with E-state index in [-0.39, 0.29) is 5.41 Å². The second-order valence-electron chi connectivity index (χ2n) is 4.71. The van der Waals surface area contributed by atoms with E-state index in [1.807, 2.05) is 6.92 Å². The first kappa shape index (κ1) is 13.8. The van der Waals surface area contributed by atoms with Gasteiger partial charge in [0, 0.05) is 24.2 Å². The molecule has 0 radical (unpaired) electrons. The number of hydrogen-bond acceptors (Lipinski definition) is 3. The normalized spacial score (nSPS) is 23.8. The maximum Gasteiger partial charge on any atom is 0.384 e. The summed E-state index contributed by atoms with van der Waals surface area (Å²) >= 11 is 0. The maximum atomic E-state index is 11.8. The second-order valence-corrected chi connectivity index (χ2v) is 4.71. The lowest BCUT2D eigenvalue weighted by Gasteiger charge is -2.31. The van der Waals surface area contributed by atoms with Crippen molar-refractivity contribution in [2.75, 3.05) is 6.61 Å². The molecule has 1 fully saturated rings. The minimum atomic E-state index is -0.479. The van der Waals surface area contributed by atoms with Crippen molar-refractivity contribution in [3.8, 4) is 11.8 Å². The number of rotatable bonds is 3. The van der Waals surface area contributed by atoms with Gasteiger partial charge in [0.2, 0.25) is 0 Å². The molecule has 1 rings (SSSR count). The lowest BCUT2D eigenvalue weighted by Crippen LogP contribution is -2.30. The van der Waals surface area contributed by atoms with Crippen LogP contribution in [0.4, 0.5) is 0 Å². The standard InChI is InChI=1S/C14H20O3/c1-3-17-13(16)9-5-7-11-14(2)10-6-4-8-12(14)15/h3-4,6-8,10-11H2,1-2H3/t14-/m0/s1. The molecule has 0 aliphatic heterocycles. The summed E-state index contributed by atoms with van der Waals surface area (Å²) in [5.41, 5.74) is -0.221. The van der Waals surface area contributed by atoms with E-state index in [2.05, 4.69) is 11.8 Å². The van der Waals surface area contributed by atoms with Gasteiger partial charge in [-0.2, -0.15) is 0 Å². The lowest BCUT2D eigenvalue weighted by molar-refractivity contribution is -0.136. The number of carbonyl (C=O) groups excluding carboxylic acids is 2. The summed E-state index contributed by atoms with van der Waals surface area (Å²) in [4.78, 5) is 22.8. The Hall–Kier alpha value is -1.30. The molecule has 1 aliphatic rings. The average Bonchev–Trinajstić information content (AvgIpc) is 2.29. The quantitative estimate of drug-likeness (QED) is 0.429. The zero-order chi connectivity index (χ0) is 12.7. The number of ketones is 1. The Bertz CT molecular complexity index is 348. The van der Waals surface area contributed by atoms with Gasteiger partial charge < -0.3 is 4.74 Å². The average molecular weight is 236 g/mol. The Kier molecular flexibility index (Phi) is 5.21. The topological polar surface area (TPSA) is 43.4 Å². The molecule has 0 heterocycles. The van der Waals surface area contributed by atoms with Gasteiger partial charge in [0.25, 0.3) is 0 Å². The molecular weight excluding hydrogens is 216 g/mol. The van der Waals surface area contributed by atoms with Crippen LogP contribution < -0.4 is 0 Å². The molecule has 0 aromatic heterocycles. The minimum Gasteiger partial charge on any atom is -0.456 e. The molecule has 0 bridgehead atoms. The molecule has 0 aromatic carbocycles. The highest BCUT2D eigenvalue weighted by molar-refractivity contribution is 5.88. The van der Waals surface area contributed by atoms with Crippen LogP contribution in [0.15, 0.2) is 0 Å². The van der Waals surface area contributed by atoms with Crippen molar-refractivity contribution < 1.29 is 14.3 Å². The summed E-state index contributed by atoms with van der Waals surface area (Å²) in [7, 11) is 0. The number of esters is 1. The van der Waals surface area contributed by atoms with Crippen molar-refractivity contribution in [3.05, 3.63) is 0 Å². The fraction of sp³-hybridized carbons (Fsp3) is 0.714. The predicted octanol–water partition coefficient (Wildman–Crippen LogP) is 2.48. The summed E-state index contributed by atoms with van der Waals surface area (Å²) in [6, 6.07) is 0. The van der Waals surface area contributed by atoms with Crippen molar-refractivity contribution in [2.45, 2.75) is 52.4 Å². The molecule has 1 atom stereocenters. The Morgan fingerprint density at radius 2 is 2.24 bits per heavy atom. The van der Waals surface area contributed by atoms with E-state index in [0.717, 1.165) is 25.7 Å². The zero-order valence-corrected chi connectivity index (χ0v) is 10.7. The fourth-order valence-electron chi connectivity index (χ4n) is 2.15. The molecule has 0 unspecified atom stereocenters. The Morgan fingerprint density at radius 3 is 2.88 bits per heavy atom. The molecule has 3 nitrogen and oxygen atoms in total. The van der Waals surface area contributed by atoms with Crippen LogP contribution in [0.25, 0.3) is 0 Å². The summed E-state index contributed by atoms with van der Waals surface area (Å²) in [6.45, 7) is 4.12. The number of hydrogen-bond donors (Lipinski definition) is 0. The van der Waals surface area contributed by atoms with Crippen LogP contribution in [0.1, 0.15) is 52.4 Å². The molecule has 0 spiro atoms. The van der Waals surface area contributed by atoms with E-state index >= 15 is 0 Å². The summed E-state index contributed by atoms with van der Waals surface area (Å²) in [5.74, 6) is 5.09. The second kappa shape index (κ2) is 6.44. The Labute approximate surface area is 103 Å². The molecule has 1 aliphatic carbocycles. The zero-order valence-electron chi connectivity index (χ0n) is 10.7. The molecular formula is C14H20O3. The third kappa shape index (κ3) is 4.22. The van der Waals surface area contributed by atoms with E-state index in [1.165, 1.54) is 0 Å². The van der Waals surface area contributed by atoms with Gasteiger partial charge in [-0.05, 0) is 26.2 Å². The molecule has 3 heteroatoms. The van der Waals surface area contributed by atoms with Gasteiger partial charge in [0.05, 0.1) is 6.61 Å². The maximum absolute atomic E-state index is 11.8. The van der Waals surface area contributed by atoms with Gasteiger partial charge >= 0.3 is 5.97 Å². The van der Waals surface area contributed by atoms with E-state index in [4.69, 9.17) is 4.74 Å². The van der Waals surface area contributed by atoms with Crippen LogP contribution in [0.5, 0.6) is 0 Å². The first-order chi connectivity index (χ1) is 8.08. The first-order valence-electron chi connectivity index (χ1n) is 6.27. The molecule has 17 heavy (non-hydrogen) atoms. The third-order valence-electron chi connectivity index (χ3n) is 3.32. The highest BCUT2D eigenvalue weighted by Crippen LogP contribution is 2.36. The van der Waals surface area contributed by atoms with Crippen molar-refractivity contribution in [1.82, 2.24) is 0 Å². The van der Waals surface area contributed by atoms with Crippen molar-refractivity contribution in [2.24, 2.45) is 5.41 Å². The number of carbonyl (C=O) groups is 2. The van der Waals surface area contributed by atoms with E-state index in [1.54, 1.807) is 6.92 Å². The van der Waals surface area contributed by atoms with Crippen molar-refractivity contribution in [1.29, 1.82) is 0 Å². The van der Waals surface area contributed by atoms with Crippen molar-refractivity contribution in [3.63, 3.8) is 0 Å². The molecule has 0 N–H and O–H groups in total. The van der Waals surface area contributed by atoms with Crippen LogP contribution in [0.2, 0.25) is 0 Å². The molecule has 0 amide bonds. The molecule has 0 aromatic rings. The SMILES string of the molecule is CCOC(=O)C#CCC[C@]1(C)CCCCC1=O. The molecule has 0 saturated heterocycles. The Morgan fingerprint density at radius 1 is 1.47 bits per heavy atom. The highest BCUT2D eigenvalue weighted by Gasteiger charge is 2.33. The van der Waals surface area contributed by atoms with Gasteiger partial charge in [0.15, 0.2) is 0 Å². The van der Waals surface area contributed by atoms with Crippen LogP contribution in [-0.4, -0.2) is 18.4 Å². The third-order valence-corrected chi connectivity index (χ3v) is 3.32. The van der Waals surface area contributed by atoms with E-state index < -0.39 is 5.97 Å². The highest BCUT2D eigenvalue weighted by atomic mass is 16.5. The largest absolute Gasteiger partial charge is 0.456 e. The fourth-order valence-corrected chi connectivity index (χ4v) is 2.15. The summed E-state index contributed by atoms with van der Waals surface area (Å²) in [6.07, 6.45) is 5.12. The monoisotopic (exact) mass is 236 g/mol. The molecule has 1 saturated carbocycles. The van der Waals surface area contributed by atoms with E-state index in [9.17, 15) is 9.59 Å². The summed E-state index contributed by atoms with van der Waals surface area (Å²) < 4.78 is 4.70. The Balaban J connectivity index is 2.39. The van der Waals surface area contributed by atoms with Crippen LogP contribution >= 0.6 is 0 Å². The van der Waals surface area contributed by atoms with Gasteiger partial charge in [0.1, 0.15) is 5.78 Å². The van der Waals surface area contributed by atoms with Gasteiger partial charge in [-0.15, -0.1) is 0 Å². The van der Waals surface area contributed by atoms with E-state index in [0.29, 0.717) is 25.2 Å². The van der Waals surface area contributed by atoms with Gasteiger partial charge in [-0.1, -0.05) is 19.3 Å². The first-order valence-corrected chi connectivity index (χ1v) is 6.27. The van der Waals surface area contributed by atoms with Gasteiger partial charge in [-0.3, -0.25) is 4.79 Å². The van der Waals surface area contributed by atoms with Gasteiger partial charge in [-0.25, -0.2) is 4.79 Å². The number of Topliss-reactive ketones (excluding diaryl/α,β-unsaturated/α-hetero) is 1. The molecule has 94 valence electrons. The summed E-state index contributed by atoms with van der Waals surface area (Å²) in [5, 5.41) is 0. The van der Waals surface area contributed by atoms with Crippen molar-refractivity contribution >= 4 is 11.8 Å². The minimum absolute atomic E-state index is 0.221. The van der Waals surface area contributed by atoms with Crippen LogP contribution in [0.3, 0.4) is 0 Å². The van der Waals surface area contributed by atoms with Crippen LogP contribution in [0, 0.1) is 17.3 Å². The lowest BCUT2D eigenvalue weighted by atomic mass is 9.72. The smallest absolute Gasteiger partial charge is 0.384 e. The predicted molar refractivity (Wildman–Crippen MR) is 65.2 cm³/mol. The van der Waals surface area contributed by atoms with Crippen LogP contribution in [-0.2, 0) is 14.3 Å². The number of ether oxygens (including phenoxy) is 1.